The number of anilines is 1. The molecule has 4 aromatic rings. The number of hydrogen-bond acceptors (Lipinski definition) is 8. The number of nitrogens with one attached hydrogen (secondary N) is 4. The lowest BCUT2D eigenvalue weighted by molar-refractivity contribution is -0.135. The highest BCUT2D eigenvalue weighted by atomic mass is 19.1. The lowest BCUT2D eigenvalue weighted by Gasteiger charge is -2.31. The van der Waals surface area contributed by atoms with Crippen LogP contribution in [0.25, 0.3) is 22.2 Å². The van der Waals surface area contributed by atoms with Crippen molar-refractivity contribution in [3.05, 3.63) is 76.9 Å². The van der Waals surface area contributed by atoms with Crippen LogP contribution in [0.3, 0.4) is 0 Å². The van der Waals surface area contributed by atoms with Crippen LogP contribution in [0, 0.1) is 11.7 Å². The zero-order valence-electron chi connectivity index (χ0n) is 31.6. The predicted molar refractivity (Wildman–Crippen MR) is 207 cm³/mol. The number of ether oxygens (including phenoxy) is 1. The van der Waals surface area contributed by atoms with Crippen LogP contribution in [0.15, 0.2) is 48.7 Å². The summed E-state index contributed by atoms with van der Waals surface area (Å²) >= 11 is 0. The van der Waals surface area contributed by atoms with Gasteiger partial charge in [-0.3, -0.25) is 14.5 Å². The maximum Gasteiger partial charge on any atom is 0.232 e. The smallest absolute Gasteiger partial charge is 0.232 e. The van der Waals surface area contributed by atoms with Crippen LogP contribution in [0.4, 0.5) is 10.1 Å². The van der Waals surface area contributed by atoms with Crippen LogP contribution in [-0.4, -0.2) is 76.4 Å². The number of pyridine rings is 1. The van der Waals surface area contributed by atoms with E-state index in [-0.39, 0.29) is 36.8 Å². The summed E-state index contributed by atoms with van der Waals surface area (Å²) in [6.45, 7) is 14.5. The van der Waals surface area contributed by atoms with Crippen LogP contribution in [0.1, 0.15) is 75.8 Å². The van der Waals surface area contributed by atoms with Gasteiger partial charge < -0.3 is 26.0 Å². The minimum Gasteiger partial charge on any atom is -0.381 e. The summed E-state index contributed by atoms with van der Waals surface area (Å²) in [6.07, 6.45) is 5.36. The number of fused-ring (bicyclic) bond motifs is 1. The Kier molecular flexibility index (Phi) is 13.1. The van der Waals surface area contributed by atoms with E-state index in [2.05, 4.69) is 51.2 Å². The number of halogens is 1. The summed E-state index contributed by atoms with van der Waals surface area (Å²) in [5.74, 6) is -1.87. The van der Waals surface area contributed by atoms with Gasteiger partial charge in [0.15, 0.2) is 5.65 Å². The van der Waals surface area contributed by atoms with Crippen molar-refractivity contribution in [3.63, 3.8) is 0 Å². The second-order valence-electron chi connectivity index (χ2n) is 14.4. The van der Waals surface area contributed by atoms with Crippen molar-refractivity contribution < 1.29 is 18.7 Å². The van der Waals surface area contributed by atoms with Crippen molar-refractivity contribution in [1.29, 1.82) is 0 Å². The highest BCUT2D eigenvalue weighted by molar-refractivity contribution is 6.00. The van der Waals surface area contributed by atoms with Gasteiger partial charge in [0.1, 0.15) is 11.7 Å². The van der Waals surface area contributed by atoms with E-state index >= 15 is 4.39 Å². The first-order valence-electron chi connectivity index (χ1n) is 19.4. The molecule has 2 amide bonds. The van der Waals surface area contributed by atoms with Gasteiger partial charge in [0.05, 0.1) is 17.3 Å². The van der Waals surface area contributed by atoms with Crippen LogP contribution in [-0.2, 0) is 46.9 Å². The van der Waals surface area contributed by atoms with Gasteiger partial charge in [-0.15, -0.1) is 0 Å². The molecule has 1 unspecified atom stereocenters. The summed E-state index contributed by atoms with van der Waals surface area (Å²) in [5.41, 5.74) is 6.73. The van der Waals surface area contributed by atoms with E-state index in [4.69, 9.17) is 9.72 Å². The third-order valence-corrected chi connectivity index (χ3v) is 10.4. The largest absolute Gasteiger partial charge is 0.381 e. The molecule has 0 saturated carbocycles. The number of aryl methyl sites for hydroxylation is 2. The number of carbonyl (C=O) groups excluding carboxylic acids is 2. The Morgan fingerprint density at radius 3 is 2.57 bits per heavy atom. The molecular formula is C41H55FN8O3. The maximum absolute atomic E-state index is 15.2. The summed E-state index contributed by atoms with van der Waals surface area (Å²) in [4.78, 5) is 34.7. The van der Waals surface area contributed by atoms with Crippen LogP contribution >= 0.6 is 0 Å². The van der Waals surface area contributed by atoms with Crippen LogP contribution < -0.4 is 21.3 Å². The Bertz CT molecular complexity index is 1870. The molecule has 0 bridgehead atoms. The van der Waals surface area contributed by atoms with Gasteiger partial charge in [-0.05, 0) is 74.4 Å². The molecule has 2 aromatic carbocycles. The molecule has 2 aliphatic heterocycles. The molecule has 2 fully saturated rings. The summed E-state index contributed by atoms with van der Waals surface area (Å²) in [5, 5.41) is 18.8. The molecule has 2 aromatic heterocycles. The van der Waals surface area contributed by atoms with E-state index in [1.165, 1.54) is 6.07 Å². The fraction of sp³-hybridized carbons (Fsp3) is 0.512. The number of carbonyl (C=O) groups is 2. The minimum absolute atomic E-state index is 0.180. The first kappa shape index (κ1) is 38.3. The molecule has 0 radical (unpaired) electrons. The summed E-state index contributed by atoms with van der Waals surface area (Å²) in [7, 11) is 0. The van der Waals surface area contributed by atoms with Gasteiger partial charge >= 0.3 is 0 Å². The number of aromatic nitrogens is 3. The lowest BCUT2D eigenvalue weighted by atomic mass is 9.99. The van der Waals surface area contributed by atoms with Crippen molar-refractivity contribution in [2.45, 2.75) is 98.1 Å². The molecule has 0 aliphatic carbocycles. The van der Waals surface area contributed by atoms with E-state index in [9.17, 15) is 9.59 Å². The standard InChI is InChI=1S/C41H55FN8O3/c1-5-9-32(41(52)45-23-34-37(6-2)48-39-35(24-46-50(39)7-3)38(34)47-31-14-18-53-19-15-31)40(51)44-22-28-12-13-36(42)33(21-28)30-11-8-10-29(20-30)26-49-17-16-43-27(4)25-49/h8,10-13,20-21,24,27,31-32,43H,5-7,9,14-19,22-23,25-26H2,1-4H3,(H,44,51)(H,45,52)(H,47,48)/t27-,32?/m0/s1. The molecule has 2 saturated heterocycles. The third kappa shape index (κ3) is 9.41. The molecule has 2 aliphatic rings. The zero-order valence-corrected chi connectivity index (χ0v) is 31.6. The minimum atomic E-state index is -0.874. The molecule has 11 nitrogen and oxygen atoms in total. The SMILES string of the molecule is CCCC(C(=O)NCc1ccc(F)c(-c2cccc(CN3CCN[C@@H](C)C3)c2)c1)C(=O)NCc1c(CC)nc2c(cnn2CC)c1NC1CCOCC1. The average Bonchev–Trinajstić information content (AvgIpc) is 3.59. The van der Waals surface area contributed by atoms with Gasteiger partial charge in [0.25, 0.3) is 0 Å². The molecular weight excluding hydrogens is 672 g/mol. The van der Waals surface area contributed by atoms with Crippen molar-refractivity contribution in [1.82, 2.24) is 35.6 Å². The predicted octanol–water partition coefficient (Wildman–Crippen LogP) is 5.55. The average molecular weight is 727 g/mol. The second-order valence-corrected chi connectivity index (χ2v) is 14.4. The number of rotatable bonds is 15. The van der Waals surface area contributed by atoms with Gasteiger partial charge in [-0.25, -0.2) is 14.1 Å². The monoisotopic (exact) mass is 726 g/mol. The maximum atomic E-state index is 15.2. The highest BCUT2D eigenvalue weighted by Crippen LogP contribution is 2.32. The number of hydrogen-bond donors (Lipinski definition) is 4. The van der Waals surface area contributed by atoms with Crippen molar-refractivity contribution in [3.8, 4) is 11.1 Å². The quantitative estimate of drug-likeness (QED) is 0.118. The fourth-order valence-corrected chi connectivity index (χ4v) is 7.54. The summed E-state index contributed by atoms with van der Waals surface area (Å²) in [6, 6.07) is 13.6. The first-order chi connectivity index (χ1) is 25.8. The normalized spacial score (nSPS) is 17.5. The molecule has 12 heteroatoms. The van der Waals surface area contributed by atoms with Crippen molar-refractivity contribution in [2.24, 2.45) is 5.92 Å². The lowest BCUT2D eigenvalue weighted by Crippen LogP contribution is -2.48. The number of benzene rings is 2. The Hall–Kier alpha value is -4.39. The highest BCUT2D eigenvalue weighted by Gasteiger charge is 2.27. The molecule has 4 heterocycles. The molecule has 53 heavy (non-hydrogen) atoms. The third-order valence-electron chi connectivity index (χ3n) is 10.4. The molecule has 284 valence electrons. The van der Waals surface area contributed by atoms with E-state index in [1.54, 1.807) is 12.1 Å². The number of nitrogens with zero attached hydrogens (tertiary/aromatic N) is 4. The van der Waals surface area contributed by atoms with E-state index in [0.717, 1.165) is 83.7 Å². The van der Waals surface area contributed by atoms with Crippen LogP contribution in [0.2, 0.25) is 0 Å². The van der Waals surface area contributed by atoms with E-state index < -0.39 is 5.92 Å². The zero-order chi connectivity index (χ0) is 37.3. The van der Waals surface area contributed by atoms with Crippen LogP contribution in [0.5, 0.6) is 0 Å². The fourth-order valence-electron chi connectivity index (χ4n) is 7.54. The Morgan fingerprint density at radius 2 is 1.83 bits per heavy atom. The topological polar surface area (TPSA) is 125 Å². The molecule has 4 N–H and O–H groups in total. The summed E-state index contributed by atoms with van der Waals surface area (Å²) < 4.78 is 22.7. The first-order valence-corrected chi connectivity index (χ1v) is 19.4. The molecule has 6 rings (SSSR count). The van der Waals surface area contributed by atoms with Crippen molar-refractivity contribution in [2.75, 3.05) is 38.2 Å². The second kappa shape index (κ2) is 18.1. The number of piperazine rings is 1. The molecule has 0 spiro atoms. The number of amides is 2. The molecule has 2 atom stereocenters. The van der Waals surface area contributed by atoms with Gasteiger partial charge in [0.2, 0.25) is 11.8 Å². The Morgan fingerprint density at radius 1 is 1.04 bits per heavy atom. The van der Waals surface area contributed by atoms with Gasteiger partial charge in [-0.1, -0.05) is 44.5 Å². The van der Waals surface area contributed by atoms with E-state index in [1.807, 2.05) is 42.9 Å². The Labute approximate surface area is 312 Å². The van der Waals surface area contributed by atoms with E-state index in [0.29, 0.717) is 50.6 Å². The Balaban J connectivity index is 1.14. The van der Waals surface area contributed by atoms with Gasteiger partial charge in [-0.2, -0.15) is 5.10 Å². The van der Waals surface area contributed by atoms with Crippen molar-refractivity contribution >= 4 is 28.5 Å². The van der Waals surface area contributed by atoms with Gasteiger partial charge in [0, 0.05) is 87.9 Å².